The zero-order valence-corrected chi connectivity index (χ0v) is 10.9. The van der Waals surface area contributed by atoms with E-state index in [1.807, 2.05) is 0 Å². The first kappa shape index (κ1) is 11.9. The van der Waals surface area contributed by atoms with Crippen molar-refractivity contribution in [3.8, 4) is 0 Å². The molecule has 0 unspecified atom stereocenters. The average molecular weight is 255 g/mol. The Morgan fingerprint density at radius 2 is 1.95 bits per heavy atom. The highest BCUT2D eigenvalue weighted by Gasteiger charge is 2.17. The molecule has 3 heterocycles. The molecule has 0 spiro atoms. The fourth-order valence-corrected chi connectivity index (χ4v) is 2.29. The summed E-state index contributed by atoms with van der Waals surface area (Å²) in [5.41, 5.74) is 1.46. The molecule has 0 aliphatic rings. The second kappa shape index (κ2) is 3.93. The molecule has 0 bridgehead atoms. The number of rotatable bonds is 2. The predicted octanol–water partition coefficient (Wildman–Crippen LogP) is -0.300. The Morgan fingerprint density at radius 3 is 2.63 bits per heavy atom. The van der Waals surface area contributed by atoms with E-state index in [0.717, 1.165) is 4.48 Å². The molecule has 1 radical (unpaired) electrons. The highest BCUT2D eigenvalue weighted by molar-refractivity contribution is 6.29. The highest BCUT2D eigenvalue weighted by Crippen LogP contribution is 2.12. The van der Waals surface area contributed by atoms with Crippen LogP contribution in [0.3, 0.4) is 0 Å². The maximum atomic E-state index is 12.4. The van der Waals surface area contributed by atoms with Gasteiger partial charge in [-0.3, -0.25) is 14.0 Å². The smallest absolute Gasteiger partial charge is 0.332 e. The van der Waals surface area contributed by atoms with Gasteiger partial charge in [0.15, 0.2) is 0 Å². The fraction of sp³-hybridized carbons (Fsp3) is 0.250. The van der Waals surface area contributed by atoms with Crippen molar-refractivity contribution in [2.45, 2.75) is 6.92 Å². The van der Waals surface area contributed by atoms with Gasteiger partial charge in [0, 0.05) is 0 Å². The molecule has 3 aromatic heterocycles. The van der Waals surface area contributed by atoms with Crippen molar-refractivity contribution in [1.82, 2.24) is 18.7 Å². The van der Waals surface area contributed by atoms with E-state index in [0.29, 0.717) is 22.4 Å². The molecule has 0 N–H and O–H groups in total. The third-order valence-corrected chi connectivity index (χ3v) is 3.02. The number of pyridine rings is 1. The van der Waals surface area contributed by atoms with Crippen LogP contribution in [0.25, 0.3) is 16.7 Å². The van der Waals surface area contributed by atoms with Gasteiger partial charge in [0.1, 0.15) is 16.7 Å². The molecule has 0 aliphatic heterocycles. The summed E-state index contributed by atoms with van der Waals surface area (Å²) < 4.78 is 2.75. The average Bonchev–Trinajstić information content (AvgIpc) is 2.68. The Kier molecular flexibility index (Phi) is 2.46. The molecule has 0 aliphatic carbocycles. The summed E-state index contributed by atoms with van der Waals surface area (Å²) in [6.45, 7) is 1.77. The van der Waals surface area contributed by atoms with Gasteiger partial charge in [0.05, 0.1) is 5.69 Å². The molecule has 0 atom stereocenters. The van der Waals surface area contributed by atoms with Crippen LogP contribution in [0.2, 0.25) is 0 Å². The standard InChI is InChI=1S/C12H12BN4O2/c1-7-10-12(19)17(13-15(2)3)11(18)8-5-4-6-9(14-7)16(8)10/h4-6H,1-3H3. The monoisotopic (exact) mass is 255 g/mol. The van der Waals surface area contributed by atoms with Gasteiger partial charge in [-0.25, -0.2) is 4.98 Å². The quantitative estimate of drug-likeness (QED) is 0.590. The van der Waals surface area contributed by atoms with E-state index in [9.17, 15) is 9.59 Å². The van der Waals surface area contributed by atoms with Crippen LogP contribution in [0.5, 0.6) is 0 Å². The van der Waals surface area contributed by atoms with Crippen LogP contribution in [-0.2, 0) is 0 Å². The Balaban J connectivity index is 2.57. The van der Waals surface area contributed by atoms with Crippen LogP contribution in [0, 0.1) is 6.92 Å². The van der Waals surface area contributed by atoms with Gasteiger partial charge in [-0.05, 0) is 33.2 Å². The third-order valence-electron chi connectivity index (χ3n) is 3.02. The minimum atomic E-state index is -0.345. The maximum Gasteiger partial charge on any atom is 0.363 e. The molecule has 0 saturated carbocycles. The first-order valence-electron chi connectivity index (χ1n) is 5.88. The van der Waals surface area contributed by atoms with E-state index in [2.05, 4.69) is 4.98 Å². The number of aromatic nitrogens is 3. The molecule has 3 rings (SSSR count). The van der Waals surface area contributed by atoms with Crippen LogP contribution in [0.15, 0.2) is 27.8 Å². The minimum Gasteiger partial charge on any atom is -0.332 e. The summed E-state index contributed by atoms with van der Waals surface area (Å²) in [5, 5.41) is 0. The minimum absolute atomic E-state index is 0.339. The molecule has 0 fully saturated rings. The second-order valence-electron chi connectivity index (χ2n) is 4.71. The predicted molar refractivity (Wildman–Crippen MR) is 74.0 cm³/mol. The summed E-state index contributed by atoms with van der Waals surface area (Å²) in [6, 6.07) is 5.25. The molecule has 0 saturated heterocycles. The van der Waals surface area contributed by atoms with Crippen LogP contribution in [0.4, 0.5) is 0 Å². The summed E-state index contributed by atoms with van der Waals surface area (Å²) in [6.07, 6.45) is 0. The van der Waals surface area contributed by atoms with E-state index < -0.39 is 0 Å². The van der Waals surface area contributed by atoms with Gasteiger partial charge in [0.2, 0.25) is 0 Å². The molecular weight excluding hydrogens is 243 g/mol. The molecule has 7 heteroatoms. The van der Waals surface area contributed by atoms with Gasteiger partial charge in [0.25, 0.3) is 11.1 Å². The summed E-state index contributed by atoms with van der Waals surface area (Å²) >= 11 is 0. The molecule has 95 valence electrons. The van der Waals surface area contributed by atoms with Crippen molar-refractivity contribution in [3.05, 3.63) is 44.6 Å². The number of hydrogen-bond acceptors (Lipinski definition) is 4. The number of imidazole rings is 1. The van der Waals surface area contributed by atoms with E-state index in [1.54, 1.807) is 48.4 Å². The Hall–Kier alpha value is -2.15. The molecule has 3 aromatic rings. The molecular formula is C12H12BN4O2. The number of hydrogen-bond donors (Lipinski definition) is 0. The van der Waals surface area contributed by atoms with Crippen LogP contribution in [-0.4, -0.2) is 40.3 Å². The molecule has 19 heavy (non-hydrogen) atoms. The lowest BCUT2D eigenvalue weighted by Crippen LogP contribution is -2.43. The Labute approximate surface area is 109 Å². The van der Waals surface area contributed by atoms with Gasteiger partial charge < -0.3 is 9.29 Å². The Morgan fingerprint density at radius 1 is 1.21 bits per heavy atom. The lowest BCUT2D eigenvalue weighted by Gasteiger charge is -2.10. The summed E-state index contributed by atoms with van der Waals surface area (Å²) in [7, 11) is 5.01. The van der Waals surface area contributed by atoms with E-state index >= 15 is 0 Å². The van der Waals surface area contributed by atoms with Gasteiger partial charge >= 0.3 is 7.55 Å². The number of nitrogens with zero attached hydrogens (tertiary/aromatic N) is 4. The van der Waals surface area contributed by atoms with Crippen molar-refractivity contribution >= 4 is 24.2 Å². The van der Waals surface area contributed by atoms with Gasteiger partial charge in [-0.1, -0.05) is 6.07 Å². The largest absolute Gasteiger partial charge is 0.363 e. The van der Waals surface area contributed by atoms with Crippen LogP contribution in [0.1, 0.15) is 5.69 Å². The van der Waals surface area contributed by atoms with Crippen molar-refractivity contribution in [3.63, 3.8) is 0 Å². The van der Waals surface area contributed by atoms with Crippen molar-refractivity contribution < 1.29 is 0 Å². The van der Waals surface area contributed by atoms with Crippen LogP contribution < -0.4 is 11.1 Å². The second-order valence-corrected chi connectivity index (χ2v) is 4.71. The summed E-state index contributed by atoms with van der Waals surface area (Å²) in [4.78, 5) is 30.8. The topological polar surface area (TPSA) is 59.6 Å². The van der Waals surface area contributed by atoms with Crippen LogP contribution >= 0.6 is 0 Å². The highest BCUT2D eigenvalue weighted by atomic mass is 16.2. The van der Waals surface area contributed by atoms with Crippen molar-refractivity contribution in [2.24, 2.45) is 0 Å². The molecule has 0 amide bonds. The third kappa shape index (κ3) is 1.58. The molecule has 0 aromatic carbocycles. The Bertz CT molecular complexity index is 881. The van der Waals surface area contributed by atoms with Gasteiger partial charge in [-0.2, -0.15) is 0 Å². The zero-order chi connectivity index (χ0) is 13.7. The normalized spacial score (nSPS) is 11.8. The molecule has 6 nitrogen and oxygen atoms in total. The maximum absolute atomic E-state index is 12.4. The lowest BCUT2D eigenvalue weighted by atomic mass is 10.1. The zero-order valence-electron chi connectivity index (χ0n) is 10.9. The SMILES string of the molecule is Cc1nc2cccc3c(=O)n([B]N(C)C)c(=O)c1n23. The van der Waals surface area contributed by atoms with E-state index in [-0.39, 0.29) is 11.1 Å². The van der Waals surface area contributed by atoms with Crippen molar-refractivity contribution in [2.75, 3.05) is 14.1 Å². The van der Waals surface area contributed by atoms with E-state index in [1.165, 1.54) is 7.55 Å². The van der Waals surface area contributed by atoms with Crippen molar-refractivity contribution in [1.29, 1.82) is 0 Å². The first-order chi connectivity index (χ1) is 9.00. The van der Waals surface area contributed by atoms with Gasteiger partial charge in [-0.15, -0.1) is 0 Å². The number of aryl methyl sites for hydroxylation is 1. The summed E-state index contributed by atoms with van der Waals surface area (Å²) in [5.74, 6) is 0. The lowest BCUT2D eigenvalue weighted by molar-refractivity contribution is 0.642. The van der Waals surface area contributed by atoms with E-state index in [4.69, 9.17) is 0 Å². The fourth-order valence-electron chi connectivity index (χ4n) is 2.29. The first-order valence-corrected chi connectivity index (χ1v) is 5.88.